The fourth-order valence-corrected chi connectivity index (χ4v) is 2.78. The second kappa shape index (κ2) is 8.14. The summed E-state index contributed by atoms with van der Waals surface area (Å²) in [5.41, 5.74) is 5.75. The van der Waals surface area contributed by atoms with Gasteiger partial charge in [-0.15, -0.1) is 0 Å². The van der Waals surface area contributed by atoms with E-state index in [1.165, 1.54) is 10.5 Å². The van der Waals surface area contributed by atoms with Gasteiger partial charge in [0.15, 0.2) is 11.4 Å². The summed E-state index contributed by atoms with van der Waals surface area (Å²) >= 11 is 0. The van der Waals surface area contributed by atoms with Gasteiger partial charge in [-0.05, 0) is 38.1 Å². The Morgan fingerprint density at radius 3 is 2.66 bits per heavy atom. The fraction of sp³-hybridized carbons (Fsp3) is 0.300. The summed E-state index contributed by atoms with van der Waals surface area (Å²) in [6.45, 7) is 2.73. The highest BCUT2D eigenvalue weighted by molar-refractivity contribution is 5.95. The highest BCUT2D eigenvalue weighted by atomic mass is 19.1. The SMILES string of the molecule is Cc1nc2c(OCc3c(F)cccc3F)cccn2c1C(=O)NCC(C)(N)CO. The molecule has 0 aliphatic heterocycles. The maximum absolute atomic E-state index is 13.8. The van der Waals surface area contributed by atoms with Gasteiger partial charge in [0.25, 0.3) is 5.91 Å². The van der Waals surface area contributed by atoms with Crippen LogP contribution in [0.4, 0.5) is 8.78 Å². The minimum atomic E-state index is -0.956. The minimum Gasteiger partial charge on any atom is -0.485 e. The van der Waals surface area contributed by atoms with E-state index in [1.807, 2.05) is 0 Å². The third kappa shape index (κ3) is 4.36. The summed E-state index contributed by atoms with van der Waals surface area (Å²) in [6.07, 6.45) is 1.63. The summed E-state index contributed by atoms with van der Waals surface area (Å²) < 4.78 is 34.8. The normalized spacial score (nSPS) is 13.3. The van der Waals surface area contributed by atoms with Crippen LogP contribution in [0.25, 0.3) is 5.65 Å². The number of aromatic nitrogens is 2. The van der Waals surface area contributed by atoms with Gasteiger partial charge in [-0.3, -0.25) is 9.20 Å². The van der Waals surface area contributed by atoms with Gasteiger partial charge in [-0.25, -0.2) is 13.8 Å². The highest BCUT2D eigenvalue weighted by Gasteiger charge is 2.23. The molecular weight excluding hydrogens is 382 g/mol. The topological polar surface area (TPSA) is 102 Å². The molecule has 0 saturated carbocycles. The number of hydrogen-bond donors (Lipinski definition) is 3. The van der Waals surface area contributed by atoms with E-state index < -0.39 is 23.1 Å². The van der Waals surface area contributed by atoms with E-state index in [0.29, 0.717) is 11.3 Å². The van der Waals surface area contributed by atoms with Crippen molar-refractivity contribution in [3.05, 3.63) is 65.1 Å². The molecule has 0 fully saturated rings. The number of carbonyl (C=O) groups excluding carboxylic acids is 1. The van der Waals surface area contributed by atoms with Gasteiger partial charge in [-0.2, -0.15) is 0 Å². The predicted molar refractivity (Wildman–Crippen MR) is 103 cm³/mol. The lowest BCUT2D eigenvalue weighted by molar-refractivity contribution is 0.0928. The number of pyridine rings is 1. The van der Waals surface area contributed by atoms with Crippen LogP contribution in [-0.4, -0.2) is 39.1 Å². The quantitative estimate of drug-likeness (QED) is 0.559. The number of nitrogens with one attached hydrogen (secondary N) is 1. The van der Waals surface area contributed by atoms with E-state index in [4.69, 9.17) is 10.5 Å². The number of aliphatic hydroxyl groups excluding tert-OH is 1. The number of aliphatic hydroxyl groups is 1. The third-order valence-corrected chi connectivity index (χ3v) is 4.45. The number of amides is 1. The summed E-state index contributed by atoms with van der Waals surface area (Å²) in [7, 11) is 0. The summed E-state index contributed by atoms with van der Waals surface area (Å²) in [6, 6.07) is 6.83. The van der Waals surface area contributed by atoms with Crippen LogP contribution in [0.2, 0.25) is 0 Å². The number of fused-ring (bicyclic) bond motifs is 1. The second-order valence-electron chi connectivity index (χ2n) is 7.10. The molecule has 4 N–H and O–H groups in total. The molecule has 0 aliphatic rings. The monoisotopic (exact) mass is 404 g/mol. The van der Waals surface area contributed by atoms with Crippen molar-refractivity contribution in [3.63, 3.8) is 0 Å². The van der Waals surface area contributed by atoms with Crippen LogP contribution >= 0.6 is 0 Å². The van der Waals surface area contributed by atoms with Gasteiger partial charge in [0.2, 0.25) is 0 Å². The maximum atomic E-state index is 13.8. The molecule has 1 aromatic carbocycles. The molecular formula is C20H22F2N4O3. The van der Waals surface area contributed by atoms with Crippen LogP contribution < -0.4 is 15.8 Å². The first kappa shape index (κ1) is 20.7. The number of nitrogens with two attached hydrogens (primary N) is 1. The van der Waals surface area contributed by atoms with E-state index in [1.54, 1.807) is 32.2 Å². The zero-order chi connectivity index (χ0) is 21.2. The van der Waals surface area contributed by atoms with E-state index in [-0.39, 0.29) is 36.8 Å². The fourth-order valence-electron chi connectivity index (χ4n) is 2.78. The van der Waals surface area contributed by atoms with Crippen LogP contribution in [0.5, 0.6) is 5.75 Å². The maximum Gasteiger partial charge on any atom is 0.270 e. The standard InChI is InChI=1S/C20H22F2N4O3/c1-12-17(19(28)24-10-20(2,23)11-27)26-8-4-7-16(18(26)25-12)29-9-13-14(21)5-3-6-15(13)22/h3-8,27H,9-11,23H2,1-2H3,(H,24,28). The first-order valence-electron chi connectivity index (χ1n) is 8.95. The Bertz CT molecular complexity index is 1030. The molecule has 0 radical (unpaired) electrons. The number of halogens is 2. The Hall–Kier alpha value is -3.04. The largest absolute Gasteiger partial charge is 0.485 e. The van der Waals surface area contributed by atoms with E-state index >= 15 is 0 Å². The second-order valence-corrected chi connectivity index (χ2v) is 7.10. The molecule has 3 rings (SSSR count). The van der Waals surface area contributed by atoms with Crippen molar-refractivity contribution < 1.29 is 23.4 Å². The van der Waals surface area contributed by atoms with E-state index in [2.05, 4.69) is 10.3 Å². The first-order chi connectivity index (χ1) is 13.7. The Morgan fingerprint density at radius 2 is 2.00 bits per heavy atom. The van der Waals surface area contributed by atoms with E-state index in [9.17, 15) is 18.7 Å². The van der Waals surface area contributed by atoms with Crippen LogP contribution in [-0.2, 0) is 6.61 Å². The number of carbonyl (C=O) groups is 1. The summed E-state index contributed by atoms with van der Waals surface area (Å²) in [5.74, 6) is -1.55. The number of rotatable bonds is 7. The minimum absolute atomic E-state index is 0.0672. The number of hydrogen-bond acceptors (Lipinski definition) is 5. The van der Waals surface area contributed by atoms with Gasteiger partial charge in [0, 0.05) is 12.7 Å². The average molecular weight is 404 g/mol. The average Bonchev–Trinajstić information content (AvgIpc) is 3.02. The number of nitrogens with zero attached hydrogens (tertiary/aromatic N) is 2. The molecule has 1 unspecified atom stereocenters. The van der Waals surface area contributed by atoms with E-state index in [0.717, 1.165) is 12.1 Å². The Kier molecular flexibility index (Phi) is 5.81. The molecule has 7 nitrogen and oxygen atoms in total. The zero-order valence-electron chi connectivity index (χ0n) is 16.1. The van der Waals surface area contributed by atoms with Crippen molar-refractivity contribution >= 4 is 11.6 Å². The van der Waals surface area contributed by atoms with Crippen LogP contribution in [0.1, 0.15) is 28.7 Å². The Morgan fingerprint density at radius 1 is 1.31 bits per heavy atom. The molecule has 0 bridgehead atoms. The van der Waals surface area contributed by atoms with Crippen molar-refractivity contribution in [2.45, 2.75) is 26.0 Å². The predicted octanol–water partition coefficient (Wildman–Crippen LogP) is 1.94. The van der Waals surface area contributed by atoms with Gasteiger partial charge >= 0.3 is 0 Å². The van der Waals surface area contributed by atoms with Crippen molar-refractivity contribution in [3.8, 4) is 5.75 Å². The van der Waals surface area contributed by atoms with Crippen molar-refractivity contribution in [2.24, 2.45) is 5.73 Å². The molecule has 0 saturated heterocycles. The van der Waals surface area contributed by atoms with Crippen LogP contribution in [0.15, 0.2) is 36.5 Å². The molecule has 1 amide bonds. The van der Waals surface area contributed by atoms with Crippen molar-refractivity contribution in [1.82, 2.24) is 14.7 Å². The smallest absolute Gasteiger partial charge is 0.270 e. The molecule has 0 spiro atoms. The lowest BCUT2D eigenvalue weighted by atomic mass is 10.1. The van der Waals surface area contributed by atoms with Crippen LogP contribution in [0, 0.1) is 18.6 Å². The molecule has 3 aromatic rings. The summed E-state index contributed by atoms with van der Waals surface area (Å²) in [4.78, 5) is 17.0. The molecule has 29 heavy (non-hydrogen) atoms. The van der Waals surface area contributed by atoms with Gasteiger partial charge < -0.3 is 20.9 Å². The lowest BCUT2D eigenvalue weighted by Gasteiger charge is -2.21. The Labute approximate surface area is 166 Å². The molecule has 2 heterocycles. The first-order valence-corrected chi connectivity index (χ1v) is 8.95. The van der Waals surface area contributed by atoms with Gasteiger partial charge in [0.1, 0.15) is 23.9 Å². The molecule has 2 aromatic heterocycles. The number of ether oxygens (including phenoxy) is 1. The number of benzene rings is 1. The number of aryl methyl sites for hydroxylation is 1. The molecule has 0 aliphatic carbocycles. The highest BCUT2D eigenvalue weighted by Crippen LogP contribution is 2.24. The lowest BCUT2D eigenvalue weighted by Crippen LogP contribution is -2.50. The van der Waals surface area contributed by atoms with Crippen molar-refractivity contribution in [1.29, 1.82) is 0 Å². The van der Waals surface area contributed by atoms with Crippen molar-refractivity contribution in [2.75, 3.05) is 13.2 Å². The zero-order valence-corrected chi connectivity index (χ0v) is 16.1. The third-order valence-electron chi connectivity index (χ3n) is 4.45. The Balaban J connectivity index is 1.87. The molecule has 154 valence electrons. The molecule has 1 atom stereocenters. The van der Waals surface area contributed by atoms with Gasteiger partial charge in [-0.1, -0.05) is 6.07 Å². The summed E-state index contributed by atoms with van der Waals surface area (Å²) in [5, 5.41) is 11.9. The number of imidazole rings is 1. The van der Waals surface area contributed by atoms with Gasteiger partial charge in [0.05, 0.1) is 23.4 Å². The molecule has 9 heteroatoms. The van der Waals surface area contributed by atoms with Crippen LogP contribution in [0.3, 0.4) is 0 Å².